The minimum atomic E-state index is -0.348. The number of hydrogen-bond acceptors (Lipinski definition) is 3. The first-order valence-electron chi connectivity index (χ1n) is 8.94. The van der Waals surface area contributed by atoms with E-state index < -0.39 is 0 Å². The molecule has 0 saturated carbocycles. The number of unbranched alkanes of at least 4 members (excludes halogenated alkanes) is 10. The van der Waals surface area contributed by atoms with Crippen LogP contribution in [0.25, 0.3) is 0 Å². The van der Waals surface area contributed by atoms with Gasteiger partial charge in [-0.15, -0.1) is 0 Å². The molecule has 0 aliphatic carbocycles. The number of hydrogen-bond donors (Lipinski definition) is 0. The van der Waals surface area contributed by atoms with Crippen LogP contribution >= 0.6 is 0 Å². The zero-order valence-electron chi connectivity index (χ0n) is 16.1. The van der Waals surface area contributed by atoms with Gasteiger partial charge >= 0.3 is 63.3 Å². The fraction of sp³-hybridized carbons (Fsp3) is 0.889. The summed E-state index contributed by atoms with van der Waals surface area (Å²) >= 11 is 0. The summed E-state index contributed by atoms with van der Waals surface area (Å²) in [7, 11) is 0. The van der Waals surface area contributed by atoms with Crippen LogP contribution in [0.2, 0.25) is 0 Å². The second kappa shape index (κ2) is 19.8. The molecule has 0 fully saturated rings. The van der Waals surface area contributed by atoms with Gasteiger partial charge in [-0.1, -0.05) is 78.1 Å². The van der Waals surface area contributed by atoms with Gasteiger partial charge in [0.25, 0.3) is 0 Å². The molecule has 0 rings (SSSR count). The Bertz CT molecular complexity index is 273. The molecule has 0 amide bonds. The predicted octanol–water partition coefficient (Wildman–Crippen LogP) is 2.67. The van der Waals surface area contributed by atoms with E-state index in [0.717, 1.165) is 32.1 Å². The van der Waals surface area contributed by atoms with Crippen LogP contribution in [-0.2, 0) is 14.3 Å². The van der Waals surface area contributed by atoms with E-state index in [-0.39, 0.29) is 64.7 Å². The quantitative estimate of drug-likeness (QED) is 0.212. The third kappa shape index (κ3) is 18.8. The van der Waals surface area contributed by atoms with Crippen molar-refractivity contribution >= 4 is 11.9 Å². The van der Waals surface area contributed by atoms with E-state index in [2.05, 4.69) is 13.8 Å². The van der Waals surface area contributed by atoms with Crippen molar-refractivity contribution in [3.8, 4) is 0 Å². The first-order valence-corrected chi connectivity index (χ1v) is 8.94. The van der Waals surface area contributed by atoms with Crippen LogP contribution in [0, 0.1) is 0 Å². The minimum absolute atomic E-state index is 0. The molecular weight excluding hydrogens is 303 g/mol. The molecule has 126 valence electrons. The van der Waals surface area contributed by atoms with Crippen LogP contribution in [0.5, 0.6) is 0 Å². The van der Waals surface area contributed by atoms with Gasteiger partial charge in [-0.25, -0.2) is 0 Å². The molecule has 3 nitrogen and oxygen atoms in total. The summed E-state index contributed by atoms with van der Waals surface area (Å²) in [5.74, 6) is -0.693. The van der Waals surface area contributed by atoms with Crippen molar-refractivity contribution in [2.24, 2.45) is 0 Å². The molecule has 4 heteroatoms. The van der Waals surface area contributed by atoms with Crippen molar-refractivity contribution in [1.82, 2.24) is 0 Å². The average Bonchev–Trinajstić information content (AvgIpc) is 2.46. The molecule has 0 N–H and O–H groups in total. The molecule has 0 aliphatic heterocycles. The Morgan fingerprint density at radius 1 is 0.636 bits per heavy atom. The largest absolute Gasteiger partial charge is 1.00 e. The number of rotatable bonds is 14. The Labute approximate surface area is 181 Å². The van der Waals surface area contributed by atoms with Crippen molar-refractivity contribution in [3.63, 3.8) is 0 Å². The van der Waals surface area contributed by atoms with Crippen LogP contribution in [0.1, 0.15) is 105 Å². The summed E-state index contributed by atoms with van der Waals surface area (Å²) in [6.45, 7) is 4.37. The van der Waals surface area contributed by atoms with Gasteiger partial charge in [-0.3, -0.25) is 9.59 Å². The molecule has 22 heavy (non-hydrogen) atoms. The molecule has 0 spiro atoms. The summed E-state index contributed by atoms with van der Waals surface area (Å²) in [6, 6.07) is 0. The normalized spacial score (nSPS) is 10.1. The van der Waals surface area contributed by atoms with E-state index in [1.165, 1.54) is 44.9 Å². The topological polar surface area (TPSA) is 43.4 Å². The van der Waals surface area contributed by atoms with E-state index >= 15 is 0 Å². The molecule has 0 aliphatic rings. The number of carbonyl (C=O) groups is 2. The minimum Gasteiger partial charge on any atom is -1.00 e. The average molecular weight is 339 g/mol. The molecule has 0 heterocycles. The van der Waals surface area contributed by atoms with Gasteiger partial charge in [-0.05, 0) is 12.8 Å². The fourth-order valence-electron chi connectivity index (χ4n) is 2.33. The predicted molar refractivity (Wildman–Crippen MR) is 88.2 cm³/mol. The third-order valence-electron chi connectivity index (χ3n) is 3.70. The number of esters is 2. The Morgan fingerprint density at radius 2 is 0.955 bits per heavy atom. The smallest absolute Gasteiger partial charge is 1.00 e. The van der Waals surface area contributed by atoms with E-state index in [1.54, 1.807) is 0 Å². The molecule has 0 aromatic carbocycles. The van der Waals surface area contributed by atoms with Crippen molar-refractivity contribution < 1.29 is 67.1 Å². The van der Waals surface area contributed by atoms with Crippen LogP contribution < -0.4 is 51.4 Å². The van der Waals surface area contributed by atoms with Crippen molar-refractivity contribution in [1.29, 1.82) is 0 Å². The van der Waals surface area contributed by atoms with Gasteiger partial charge in [-0.2, -0.15) is 0 Å². The molecule has 0 radical (unpaired) electrons. The molecular formula is C18H35KO3. The van der Waals surface area contributed by atoms with Gasteiger partial charge < -0.3 is 6.16 Å². The van der Waals surface area contributed by atoms with Gasteiger partial charge in [0.2, 0.25) is 0 Å². The first-order chi connectivity index (χ1) is 10.2. The van der Waals surface area contributed by atoms with Crippen LogP contribution in [0.15, 0.2) is 0 Å². The number of ether oxygens (including phenoxy) is 1. The molecule has 0 unspecified atom stereocenters. The van der Waals surface area contributed by atoms with Gasteiger partial charge in [0.05, 0.1) is 0 Å². The summed E-state index contributed by atoms with van der Waals surface area (Å²) in [6.07, 6.45) is 14.4. The summed E-state index contributed by atoms with van der Waals surface area (Å²) in [5, 5.41) is 0. The van der Waals surface area contributed by atoms with Crippen LogP contribution in [0.3, 0.4) is 0 Å². The van der Waals surface area contributed by atoms with Crippen LogP contribution in [-0.4, -0.2) is 11.9 Å². The molecule has 0 aromatic heterocycles. The Balaban J connectivity index is -0.00000200. The summed E-state index contributed by atoms with van der Waals surface area (Å²) in [5.41, 5.74) is 0. The standard InChI is InChI=1S/C18H34O3.K.H/c1-3-5-7-9-10-12-14-16-18(20)21-17(19)15-13-11-8-6-4-2;;/h3-16H2,1-2H3;;/q;+1;-1. The molecule has 0 atom stereocenters. The second-order valence-electron chi connectivity index (χ2n) is 5.88. The van der Waals surface area contributed by atoms with Gasteiger partial charge in [0.1, 0.15) is 0 Å². The Morgan fingerprint density at radius 3 is 1.32 bits per heavy atom. The zero-order chi connectivity index (χ0) is 15.8. The van der Waals surface area contributed by atoms with Crippen LogP contribution in [0.4, 0.5) is 0 Å². The monoisotopic (exact) mass is 338 g/mol. The van der Waals surface area contributed by atoms with Crippen molar-refractivity contribution in [2.75, 3.05) is 0 Å². The maximum Gasteiger partial charge on any atom is 1.00 e. The Hall–Kier alpha value is 0.776. The zero-order valence-corrected chi connectivity index (χ0v) is 18.2. The maximum atomic E-state index is 11.5. The SMILES string of the molecule is CCCCCCCCCC(=O)OC(=O)CCCCCCC.[H-].[K+]. The molecule has 0 bridgehead atoms. The summed E-state index contributed by atoms with van der Waals surface area (Å²) < 4.78 is 4.82. The second-order valence-corrected chi connectivity index (χ2v) is 5.88. The van der Waals surface area contributed by atoms with Gasteiger partial charge in [0, 0.05) is 12.8 Å². The third-order valence-corrected chi connectivity index (χ3v) is 3.70. The maximum absolute atomic E-state index is 11.5. The summed E-state index contributed by atoms with van der Waals surface area (Å²) in [4.78, 5) is 22.9. The van der Waals surface area contributed by atoms with E-state index in [4.69, 9.17) is 4.74 Å². The van der Waals surface area contributed by atoms with Crippen molar-refractivity contribution in [3.05, 3.63) is 0 Å². The van der Waals surface area contributed by atoms with Crippen molar-refractivity contribution in [2.45, 2.75) is 104 Å². The van der Waals surface area contributed by atoms with E-state index in [1.807, 2.05) is 0 Å². The van der Waals surface area contributed by atoms with Gasteiger partial charge in [0.15, 0.2) is 0 Å². The first kappa shape index (κ1) is 25.0. The molecule has 0 aromatic rings. The molecule has 0 saturated heterocycles. The van der Waals surface area contributed by atoms with E-state index in [0.29, 0.717) is 12.8 Å². The van der Waals surface area contributed by atoms with E-state index in [9.17, 15) is 9.59 Å². The fourth-order valence-corrected chi connectivity index (χ4v) is 2.33. The Kier molecular flexibility index (Phi) is 22.5. The number of carbonyl (C=O) groups excluding carboxylic acids is 2.